The van der Waals surface area contributed by atoms with E-state index in [2.05, 4.69) is 9.98 Å². The zero-order valence-corrected chi connectivity index (χ0v) is 25.7. The predicted octanol–water partition coefficient (Wildman–Crippen LogP) is 0.953. The molecular formula is C24H46N2O6Zr. The number of aliphatic imine (C=N–C) groups is 2. The minimum absolute atomic E-state index is 0. The summed E-state index contributed by atoms with van der Waals surface area (Å²) in [6.45, 7) is 24.9. The van der Waals surface area contributed by atoms with Crippen molar-refractivity contribution < 1.29 is 56.1 Å². The Morgan fingerprint density at radius 3 is 0.818 bits per heavy atom. The average Bonchev–Trinajstić information content (AvgIpc) is 2.97. The SMILES string of the molecule is CC(C)(C)[O-].CC(C)(C)[O-].CC1(C)COC(C(C)(C)[O-])=N1.CC1(C)COC(C(C)(C)[O-])=N1.[Zr+4]. The summed E-state index contributed by atoms with van der Waals surface area (Å²) in [5.41, 5.74) is -4.30. The van der Waals surface area contributed by atoms with Gasteiger partial charge in [0.05, 0.1) is 11.1 Å². The van der Waals surface area contributed by atoms with E-state index >= 15 is 0 Å². The van der Waals surface area contributed by atoms with Gasteiger partial charge in [0.2, 0.25) is 0 Å². The Balaban J connectivity index is -0.000000386. The van der Waals surface area contributed by atoms with Crippen LogP contribution < -0.4 is 20.4 Å². The zero-order chi connectivity index (χ0) is 26.4. The Morgan fingerprint density at radius 1 is 0.576 bits per heavy atom. The molecule has 2 aliphatic heterocycles. The standard InChI is InChI=1S/2C8H14NO2.2C4H9O.Zr/c2*1-7(2)5-11-6(9-7)8(3,4)10;2*1-4(2,3)5;/h2*5H2,1-4H3;2*1-3H3;/q4*-1;+4. The monoisotopic (exact) mass is 548 g/mol. The third-order valence-corrected chi connectivity index (χ3v) is 2.96. The fourth-order valence-corrected chi connectivity index (χ4v) is 1.79. The molecule has 0 saturated heterocycles. The normalized spacial score (nSPS) is 18.8. The van der Waals surface area contributed by atoms with Gasteiger partial charge in [-0.15, -0.1) is 11.2 Å². The van der Waals surface area contributed by atoms with E-state index in [1.165, 1.54) is 0 Å². The molecule has 192 valence electrons. The van der Waals surface area contributed by atoms with Gasteiger partial charge in [-0.05, 0) is 38.9 Å². The summed E-state index contributed by atoms with van der Waals surface area (Å²) in [7, 11) is 0. The first kappa shape index (κ1) is 37.2. The number of hydrogen-bond acceptors (Lipinski definition) is 8. The summed E-state index contributed by atoms with van der Waals surface area (Å²) < 4.78 is 10.3. The van der Waals surface area contributed by atoms with Gasteiger partial charge < -0.3 is 29.9 Å². The summed E-state index contributed by atoms with van der Waals surface area (Å²) in [6.07, 6.45) is 0. The third kappa shape index (κ3) is 24.6. The second-order valence-corrected chi connectivity index (χ2v) is 12.3. The molecule has 0 bridgehead atoms. The maximum Gasteiger partial charge on any atom is 4.00 e. The fourth-order valence-electron chi connectivity index (χ4n) is 1.79. The molecule has 0 atom stereocenters. The van der Waals surface area contributed by atoms with Crippen LogP contribution in [0.15, 0.2) is 9.98 Å². The largest absolute Gasteiger partial charge is 4.00 e. The van der Waals surface area contributed by atoms with Crippen LogP contribution in [0.4, 0.5) is 0 Å². The second-order valence-electron chi connectivity index (χ2n) is 12.3. The number of ether oxygens (including phenoxy) is 2. The summed E-state index contributed by atoms with van der Waals surface area (Å²) in [4.78, 5) is 8.35. The van der Waals surface area contributed by atoms with E-state index in [0.717, 1.165) is 0 Å². The molecule has 2 rings (SSSR count). The van der Waals surface area contributed by atoms with Crippen molar-refractivity contribution in [1.82, 2.24) is 0 Å². The van der Waals surface area contributed by atoms with Crippen LogP contribution in [0.1, 0.15) is 96.9 Å². The molecule has 0 amide bonds. The molecule has 0 saturated carbocycles. The van der Waals surface area contributed by atoms with Crippen molar-refractivity contribution in [3.8, 4) is 0 Å². The first-order valence-corrected chi connectivity index (χ1v) is 10.9. The van der Waals surface area contributed by atoms with Gasteiger partial charge >= 0.3 is 26.2 Å². The number of rotatable bonds is 2. The molecule has 0 aromatic rings. The van der Waals surface area contributed by atoms with E-state index in [-0.39, 0.29) is 37.3 Å². The zero-order valence-electron chi connectivity index (χ0n) is 23.3. The van der Waals surface area contributed by atoms with Gasteiger partial charge in [0.1, 0.15) is 13.2 Å². The molecule has 0 unspecified atom stereocenters. The summed E-state index contributed by atoms with van der Waals surface area (Å²) >= 11 is 0. The molecule has 2 heterocycles. The van der Waals surface area contributed by atoms with Gasteiger partial charge in [0.15, 0.2) is 11.8 Å². The number of nitrogens with zero attached hydrogens (tertiary/aromatic N) is 2. The van der Waals surface area contributed by atoms with Crippen molar-refractivity contribution in [2.45, 2.75) is 130 Å². The molecule has 0 fully saturated rings. The Hall–Kier alpha value is -0.337. The van der Waals surface area contributed by atoms with Crippen LogP contribution in [-0.2, 0) is 35.7 Å². The topological polar surface area (TPSA) is 135 Å². The van der Waals surface area contributed by atoms with E-state index in [4.69, 9.17) is 9.47 Å². The Morgan fingerprint density at radius 2 is 0.758 bits per heavy atom. The second kappa shape index (κ2) is 13.1. The third-order valence-electron chi connectivity index (χ3n) is 2.96. The van der Waals surface area contributed by atoms with Crippen LogP contribution in [-0.4, -0.2) is 58.5 Å². The average molecular weight is 550 g/mol. The van der Waals surface area contributed by atoms with E-state index in [1.807, 2.05) is 27.7 Å². The summed E-state index contributed by atoms with van der Waals surface area (Å²) in [6, 6.07) is 0. The van der Waals surface area contributed by atoms with Crippen LogP contribution in [0.3, 0.4) is 0 Å². The molecule has 0 aliphatic carbocycles. The van der Waals surface area contributed by atoms with Gasteiger partial charge in [-0.1, -0.05) is 69.2 Å². The van der Waals surface area contributed by atoms with Crippen molar-refractivity contribution in [2.75, 3.05) is 13.2 Å². The smallest absolute Gasteiger partial charge is 0.850 e. The molecule has 0 radical (unpaired) electrons. The van der Waals surface area contributed by atoms with E-state index in [1.54, 1.807) is 69.2 Å². The van der Waals surface area contributed by atoms with Gasteiger partial charge in [-0.3, -0.25) is 0 Å². The minimum Gasteiger partial charge on any atom is -0.850 e. The molecule has 0 aromatic heterocycles. The van der Waals surface area contributed by atoms with Gasteiger partial charge in [0, 0.05) is 0 Å². The van der Waals surface area contributed by atoms with Crippen LogP contribution in [0.2, 0.25) is 0 Å². The van der Waals surface area contributed by atoms with Crippen molar-refractivity contribution >= 4 is 11.8 Å². The van der Waals surface area contributed by atoms with Crippen LogP contribution >= 0.6 is 0 Å². The van der Waals surface area contributed by atoms with Crippen molar-refractivity contribution in [1.29, 1.82) is 0 Å². The van der Waals surface area contributed by atoms with Crippen LogP contribution in [0, 0.1) is 0 Å². The molecule has 0 N–H and O–H groups in total. The molecular weight excluding hydrogens is 503 g/mol. The fraction of sp³-hybridized carbons (Fsp3) is 0.917. The minimum atomic E-state index is -1.19. The van der Waals surface area contributed by atoms with Crippen molar-refractivity contribution in [3.05, 3.63) is 0 Å². The quantitative estimate of drug-likeness (QED) is 0.503. The first-order chi connectivity index (χ1) is 13.6. The Labute approximate surface area is 221 Å². The molecule has 0 aromatic carbocycles. The first-order valence-electron chi connectivity index (χ1n) is 10.9. The predicted molar refractivity (Wildman–Crippen MR) is 123 cm³/mol. The Kier molecular flexibility index (Phi) is 14.8. The van der Waals surface area contributed by atoms with Crippen molar-refractivity contribution in [3.63, 3.8) is 0 Å². The van der Waals surface area contributed by atoms with Crippen LogP contribution in [0.25, 0.3) is 0 Å². The number of hydrogen-bond donors (Lipinski definition) is 0. The van der Waals surface area contributed by atoms with Crippen molar-refractivity contribution in [2.24, 2.45) is 9.98 Å². The van der Waals surface area contributed by atoms with E-state index < -0.39 is 22.4 Å². The molecule has 0 spiro atoms. The molecule has 8 nitrogen and oxygen atoms in total. The molecule has 33 heavy (non-hydrogen) atoms. The Bertz CT molecular complexity index is 563. The van der Waals surface area contributed by atoms with Gasteiger partial charge in [0.25, 0.3) is 0 Å². The van der Waals surface area contributed by atoms with Crippen LogP contribution in [0.5, 0.6) is 0 Å². The molecule has 9 heteroatoms. The molecule has 2 aliphatic rings. The van der Waals surface area contributed by atoms with E-state index in [0.29, 0.717) is 25.0 Å². The van der Waals surface area contributed by atoms with E-state index in [9.17, 15) is 20.4 Å². The summed E-state index contributed by atoms with van der Waals surface area (Å²) in [5.74, 6) is 0.671. The van der Waals surface area contributed by atoms with Gasteiger partial charge in [-0.25, -0.2) is 9.98 Å². The maximum atomic E-state index is 11.3. The van der Waals surface area contributed by atoms with Gasteiger partial charge in [-0.2, -0.15) is 0 Å². The summed E-state index contributed by atoms with van der Waals surface area (Å²) in [5, 5.41) is 42.9. The maximum absolute atomic E-state index is 11.3.